The molecule has 2 fully saturated rings. The van der Waals surface area contributed by atoms with Crippen LogP contribution in [0.5, 0.6) is 0 Å². The van der Waals surface area contributed by atoms with Crippen molar-refractivity contribution in [1.82, 2.24) is 4.90 Å². The number of carbonyl (C=O) groups excluding carboxylic acids is 1. The minimum absolute atomic E-state index is 0.00167. The zero-order valence-electron chi connectivity index (χ0n) is 12.6. The summed E-state index contributed by atoms with van der Waals surface area (Å²) in [6.07, 6.45) is 3.83. The van der Waals surface area contributed by atoms with Crippen molar-refractivity contribution < 1.29 is 9.53 Å². The maximum Gasteiger partial charge on any atom is 0.223 e. The molecule has 2 N–H and O–H groups in total. The van der Waals surface area contributed by atoms with Crippen LogP contribution in [0.3, 0.4) is 0 Å². The van der Waals surface area contributed by atoms with Crippen LogP contribution in [-0.2, 0) is 9.53 Å². The summed E-state index contributed by atoms with van der Waals surface area (Å²) in [5.41, 5.74) is 9.02. The van der Waals surface area contributed by atoms with Gasteiger partial charge in [0.05, 0.1) is 12.6 Å². The van der Waals surface area contributed by atoms with Crippen molar-refractivity contribution in [1.29, 1.82) is 0 Å². The zero-order chi connectivity index (χ0) is 14.8. The zero-order valence-corrected chi connectivity index (χ0v) is 12.6. The predicted octanol–water partition coefficient (Wildman–Crippen LogP) is 2.20. The number of benzene rings is 1. The Morgan fingerprint density at radius 3 is 2.62 bits per heavy atom. The number of nitrogens with zero attached hydrogens (tertiary/aromatic N) is 1. The molecule has 1 aliphatic heterocycles. The van der Waals surface area contributed by atoms with Gasteiger partial charge in [-0.15, -0.1) is 0 Å². The first-order chi connectivity index (χ1) is 10.2. The first-order valence-electron chi connectivity index (χ1n) is 7.85. The summed E-state index contributed by atoms with van der Waals surface area (Å²) in [5, 5.41) is 0. The largest absolute Gasteiger partial charge is 0.383 e. The van der Waals surface area contributed by atoms with E-state index in [0.717, 1.165) is 6.42 Å². The van der Waals surface area contributed by atoms with Gasteiger partial charge in [0.2, 0.25) is 5.91 Å². The molecule has 1 saturated carbocycles. The van der Waals surface area contributed by atoms with Crippen molar-refractivity contribution in [2.24, 2.45) is 5.73 Å². The Bertz CT molecular complexity index is 513. The van der Waals surface area contributed by atoms with E-state index in [2.05, 4.69) is 24.3 Å². The highest BCUT2D eigenvalue weighted by Gasteiger charge is 2.37. The third kappa shape index (κ3) is 2.97. The van der Waals surface area contributed by atoms with Gasteiger partial charge in [0, 0.05) is 26.1 Å². The van der Waals surface area contributed by atoms with Gasteiger partial charge in [0.15, 0.2) is 0 Å². The molecule has 1 aromatic rings. The van der Waals surface area contributed by atoms with E-state index in [9.17, 15) is 4.79 Å². The highest BCUT2D eigenvalue weighted by Crippen LogP contribution is 2.45. The second kappa shape index (κ2) is 6.16. The van der Waals surface area contributed by atoms with Crippen LogP contribution in [0.15, 0.2) is 24.3 Å². The smallest absolute Gasteiger partial charge is 0.223 e. The van der Waals surface area contributed by atoms with Crippen LogP contribution >= 0.6 is 0 Å². The number of nitrogens with two attached hydrogens (primary N) is 1. The van der Waals surface area contributed by atoms with E-state index in [0.29, 0.717) is 25.5 Å². The van der Waals surface area contributed by atoms with Gasteiger partial charge < -0.3 is 15.4 Å². The summed E-state index contributed by atoms with van der Waals surface area (Å²) in [6, 6.07) is 8.51. The van der Waals surface area contributed by atoms with Crippen LogP contribution in [-0.4, -0.2) is 37.1 Å². The average Bonchev–Trinajstić information content (AvgIpc) is 3.33. The van der Waals surface area contributed by atoms with Crippen LogP contribution < -0.4 is 5.73 Å². The summed E-state index contributed by atoms with van der Waals surface area (Å²) in [4.78, 5) is 14.3. The van der Waals surface area contributed by atoms with Crippen LogP contribution in [0, 0.1) is 0 Å². The van der Waals surface area contributed by atoms with Crippen LogP contribution in [0.4, 0.5) is 0 Å². The maximum absolute atomic E-state index is 12.3. The molecule has 2 unspecified atom stereocenters. The topological polar surface area (TPSA) is 55.6 Å². The number of likely N-dealkylation sites (tertiary alicyclic amines) is 1. The number of methoxy groups -OCH3 is 1. The Labute approximate surface area is 126 Å². The molecule has 1 saturated heterocycles. The highest BCUT2D eigenvalue weighted by atomic mass is 16.5. The van der Waals surface area contributed by atoms with Crippen LogP contribution in [0.1, 0.15) is 48.8 Å². The molecule has 0 radical (unpaired) electrons. The molecule has 2 aliphatic rings. The number of carbonyl (C=O) groups is 1. The fourth-order valence-corrected chi connectivity index (χ4v) is 3.38. The van der Waals surface area contributed by atoms with E-state index in [4.69, 9.17) is 10.5 Å². The second-order valence-electron chi connectivity index (χ2n) is 6.13. The van der Waals surface area contributed by atoms with Crippen LogP contribution in [0.25, 0.3) is 0 Å². The van der Waals surface area contributed by atoms with Crippen molar-refractivity contribution >= 4 is 5.91 Å². The molecule has 2 atom stereocenters. The van der Waals surface area contributed by atoms with Gasteiger partial charge in [-0.05, 0) is 36.3 Å². The maximum atomic E-state index is 12.3. The molecule has 1 amide bonds. The molecule has 0 aromatic heterocycles. The lowest BCUT2D eigenvalue weighted by molar-refractivity contribution is -0.138. The lowest BCUT2D eigenvalue weighted by Crippen LogP contribution is -2.50. The molecule has 0 spiro atoms. The van der Waals surface area contributed by atoms with E-state index in [1.165, 1.54) is 24.0 Å². The molecule has 1 aliphatic carbocycles. The van der Waals surface area contributed by atoms with Crippen molar-refractivity contribution in [2.75, 3.05) is 20.3 Å². The first-order valence-corrected chi connectivity index (χ1v) is 7.85. The monoisotopic (exact) mass is 288 g/mol. The number of amides is 1. The Morgan fingerprint density at radius 1 is 1.24 bits per heavy atom. The highest BCUT2D eigenvalue weighted by molar-refractivity contribution is 5.78. The molecular formula is C17H24N2O2. The Morgan fingerprint density at radius 2 is 1.95 bits per heavy atom. The minimum atomic E-state index is -0.00167. The Balaban J connectivity index is 1.93. The predicted molar refractivity (Wildman–Crippen MR) is 82.0 cm³/mol. The summed E-state index contributed by atoms with van der Waals surface area (Å²) in [6.45, 7) is 1.17. The van der Waals surface area contributed by atoms with Gasteiger partial charge in [-0.25, -0.2) is 0 Å². The number of ether oxygens (including phenoxy) is 1. The third-order valence-electron chi connectivity index (χ3n) is 4.62. The lowest BCUT2D eigenvalue weighted by atomic mass is 9.86. The Hall–Kier alpha value is -1.39. The quantitative estimate of drug-likeness (QED) is 0.903. The molecule has 1 aromatic carbocycles. The molecule has 114 valence electrons. The molecular weight excluding hydrogens is 264 g/mol. The number of hydrogen-bond donors (Lipinski definition) is 1. The van der Waals surface area contributed by atoms with E-state index in [-0.39, 0.29) is 18.0 Å². The summed E-state index contributed by atoms with van der Waals surface area (Å²) < 4.78 is 5.17. The van der Waals surface area contributed by atoms with Crippen molar-refractivity contribution in [3.05, 3.63) is 35.4 Å². The number of rotatable bonds is 5. The number of hydrogen-bond acceptors (Lipinski definition) is 3. The average molecular weight is 288 g/mol. The van der Waals surface area contributed by atoms with E-state index >= 15 is 0 Å². The van der Waals surface area contributed by atoms with Gasteiger partial charge in [-0.1, -0.05) is 24.3 Å². The third-order valence-corrected chi connectivity index (χ3v) is 4.62. The summed E-state index contributed by atoms with van der Waals surface area (Å²) in [7, 11) is 1.67. The van der Waals surface area contributed by atoms with E-state index in [1.54, 1.807) is 7.11 Å². The van der Waals surface area contributed by atoms with E-state index in [1.807, 2.05) is 4.90 Å². The standard InChI is InChI=1S/C17H24N2O2/c1-21-11-10-19-16(20)9-8-15(18)17(19)14-5-3-2-4-13(14)12-6-7-12/h2-5,12,15,17H,6-11,18H2,1H3. The summed E-state index contributed by atoms with van der Waals surface area (Å²) >= 11 is 0. The molecule has 3 rings (SSSR count). The van der Waals surface area contributed by atoms with Gasteiger partial charge in [-0.3, -0.25) is 4.79 Å². The molecule has 4 nitrogen and oxygen atoms in total. The van der Waals surface area contributed by atoms with Crippen molar-refractivity contribution in [3.63, 3.8) is 0 Å². The van der Waals surface area contributed by atoms with E-state index < -0.39 is 0 Å². The number of piperidine rings is 1. The summed E-state index contributed by atoms with van der Waals surface area (Å²) in [5.74, 6) is 0.860. The lowest BCUT2D eigenvalue weighted by Gasteiger charge is -2.40. The van der Waals surface area contributed by atoms with Gasteiger partial charge >= 0.3 is 0 Å². The molecule has 0 bridgehead atoms. The van der Waals surface area contributed by atoms with Gasteiger partial charge in [0.1, 0.15) is 0 Å². The van der Waals surface area contributed by atoms with Crippen molar-refractivity contribution in [2.45, 2.75) is 43.7 Å². The van der Waals surface area contributed by atoms with Crippen molar-refractivity contribution in [3.8, 4) is 0 Å². The molecule has 21 heavy (non-hydrogen) atoms. The van der Waals surface area contributed by atoms with Gasteiger partial charge in [-0.2, -0.15) is 0 Å². The molecule has 1 heterocycles. The molecule has 4 heteroatoms. The van der Waals surface area contributed by atoms with Gasteiger partial charge in [0.25, 0.3) is 0 Å². The fraction of sp³-hybridized carbons (Fsp3) is 0.588. The van der Waals surface area contributed by atoms with Crippen LogP contribution in [0.2, 0.25) is 0 Å². The first kappa shape index (κ1) is 14.5. The fourth-order valence-electron chi connectivity index (χ4n) is 3.38. The Kier molecular flexibility index (Phi) is 4.27. The minimum Gasteiger partial charge on any atom is -0.383 e. The SMILES string of the molecule is COCCN1C(=O)CCC(N)C1c1ccccc1C1CC1. The normalized spacial score (nSPS) is 26.2. The second-order valence-corrected chi connectivity index (χ2v) is 6.13.